The third-order valence-corrected chi connectivity index (χ3v) is 6.01. The molecule has 1 unspecified atom stereocenters. The topological polar surface area (TPSA) is 119 Å². The summed E-state index contributed by atoms with van der Waals surface area (Å²) in [5.41, 5.74) is 3.94. The van der Waals surface area contributed by atoms with E-state index in [2.05, 4.69) is 30.6 Å². The quantitative estimate of drug-likeness (QED) is 0.528. The van der Waals surface area contributed by atoms with Crippen molar-refractivity contribution < 1.29 is 9.59 Å². The van der Waals surface area contributed by atoms with Gasteiger partial charge < -0.3 is 25.4 Å². The Kier molecular flexibility index (Phi) is 6.43. The average Bonchev–Trinajstić information content (AvgIpc) is 3.28. The summed E-state index contributed by atoms with van der Waals surface area (Å²) in [7, 11) is 1.78. The van der Waals surface area contributed by atoms with Crippen LogP contribution in [0.4, 0.5) is 23.1 Å². The van der Waals surface area contributed by atoms with Gasteiger partial charge in [0.05, 0.1) is 6.33 Å². The number of rotatable bonds is 6. The second-order valence-electron chi connectivity index (χ2n) is 8.37. The Morgan fingerprint density at radius 3 is 2.85 bits per heavy atom. The lowest BCUT2D eigenvalue weighted by Crippen LogP contribution is -2.44. The molecule has 33 heavy (non-hydrogen) atoms. The minimum Gasteiger partial charge on any atom is -0.364 e. The number of hydrogen-bond acceptors (Lipinski definition) is 7. The molecule has 4 rings (SSSR count). The normalized spacial score (nSPS) is 16.0. The number of amides is 2. The van der Waals surface area contributed by atoms with Crippen LogP contribution in [0.1, 0.15) is 38.7 Å². The molecule has 0 aliphatic carbocycles. The fourth-order valence-corrected chi connectivity index (χ4v) is 4.06. The molecule has 0 saturated carbocycles. The van der Waals surface area contributed by atoms with Gasteiger partial charge in [-0.15, -0.1) is 0 Å². The monoisotopic (exact) mass is 450 g/mol. The van der Waals surface area contributed by atoms with Crippen molar-refractivity contribution in [3.05, 3.63) is 30.1 Å². The Hall–Kier alpha value is -3.69. The molecule has 1 aromatic carbocycles. The van der Waals surface area contributed by atoms with Gasteiger partial charge in [-0.3, -0.25) is 9.59 Å². The lowest BCUT2D eigenvalue weighted by molar-refractivity contribution is -0.129. The molecule has 1 aliphatic heterocycles. The molecule has 3 N–H and O–H groups in total. The molecular formula is C23H30N8O2. The van der Waals surface area contributed by atoms with Crippen molar-refractivity contribution in [1.82, 2.24) is 24.8 Å². The molecule has 10 heteroatoms. The molecule has 0 spiro atoms. The van der Waals surface area contributed by atoms with Crippen molar-refractivity contribution in [2.75, 3.05) is 35.7 Å². The fourth-order valence-electron chi connectivity index (χ4n) is 4.06. The van der Waals surface area contributed by atoms with Crippen molar-refractivity contribution in [3.63, 3.8) is 0 Å². The third kappa shape index (κ3) is 4.89. The van der Waals surface area contributed by atoms with E-state index >= 15 is 0 Å². The van der Waals surface area contributed by atoms with Crippen LogP contribution >= 0.6 is 0 Å². The number of benzene rings is 1. The highest BCUT2D eigenvalue weighted by atomic mass is 16.2. The predicted octanol–water partition coefficient (Wildman–Crippen LogP) is 3.20. The molecule has 3 heterocycles. The summed E-state index contributed by atoms with van der Waals surface area (Å²) in [4.78, 5) is 44.0. The molecule has 10 nitrogen and oxygen atoms in total. The highest BCUT2D eigenvalue weighted by Crippen LogP contribution is 2.27. The number of anilines is 4. The van der Waals surface area contributed by atoms with Crippen LogP contribution in [0.3, 0.4) is 0 Å². The minimum atomic E-state index is 0.0601. The predicted molar refractivity (Wildman–Crippen MR) is 129 cm³/mol. The zero-order chi connectivity index (χ0) is 23.5. The number of nitrogens with one attached hydrogen (secondary N) is 3. The van der Waals surface area contributed by atoms with Crippen LogP contribution in [0.15, 0.2) is 24.5 Å². The van der Waals surface area contributed by atoms with Crippen LogP contribution in [0.25, 0.3) is 11.2 Å². The first kappa shape index (κ1) is 22.5. The Balaban J connectivity index is 1.57. The zero-order valence-corrected chi connectivity index (χ0v) is 19.5. The summed E-state index contributed by atoms with van der Waals surface area (Å²) >= 11 is 0. The number of aryl methyl sites for hydroxylation is 1. The Morgan fingerprint density at radius 2 is 2.12 bits per heavy atom. The van der Waals surface area contributed by atoms with E-state index in [1.807, 2.05) is 36.9 Å². The number of aromatic amines is 1. The lowest BCUT2D eigenvalue weighted by Gasteiger charge is -2.32. The molecular weight excluding hydrogens is 420 g/mol. The average molecular weight is 451 g/mol. The Morgan fingerprint density at radius 1 is 1.30 bits per heavy atom. The van der Waals surface area contributed by atoms with Crippen LogP contribution in [-0.4, -0.2) is 62.8 Å². The number of H-pyrrole nitrogens is 1. The van der Waals surface area contributed by atoms with E-state index in [-0.39, 0.29) is 17.9 Å². The first-order chi connectivity index (χ1) is 15.9. The number of imidazole rings is 1. The summed E-state index contributed by atoms with van der Waals surface area (Å²) in [6.07, 6.45) is 3.94. The molecule has 3 aromatic rings. The van der Waals surface area contributed by atoms with E-state index in [1.54, 1.807) is 25.2 Å². The number of piperidine rings is 1. The van der Waals surface area contributed by atoms with E-state index in [9.17, 15) is 9.59 Å². The summed E-state index contributed by atoms with van der Waals surface area (Å²) in [6, 6.07) is 5.87. The summed E-state index contributed by atoms with van der Waals surface area (Å²) in [5.74, 6) is 1.20. The van der Waals surface area contributed by atoms with E-state index in [4.69, 9.17) is 0 Å². The maximum atomic E-state index is 12.0. The van der Waals surface area contributed by atoms with Gasteiger partial charge in [-0.2, -0.15) is 9.97 Å². The largest absolute Gasteiger partial charge is 0.364 e. The van der Waals surface area contributed by atoms with Crippen LogP contribution in [0.2, 0.25) is 0 Å². The van der Waals surface area contributed by atoms with Gasteiger partial charge in [-0.05, 0) is 43.5 Å². The van der Waals surface area contributed by atoms with Gasteiger partial charge >= 0.3 is 0 Å². The van der Waals surface area contributed by atoms with Crippen LogP contribution in [0, 0.1) is 6.92 Å². The van der Waals surface area contributed by atoms with Gasteiger partial charge in [0.15, 0.2) is 11.5 Å². The molecule has 0 radical (unpaired) electrons. The van der Waals surface area contributed by atoms with Gasteiger partial charge in [0.2, 0.25) is 17.8 Å². The fraction of sp³-hybridized carbons (Fsp3) is 0.435. The number of fused-ring (bicyclic) bond motifs is 1. The van der Waals surface area contributed by atoms with Gasteiger partial charge in [-0.1, -0.05) is 6.92 Å². The SMILES string of the molecule is CCC(=O)N(C)c1ccc(Nc2nc(NC3CCCN(C(C)=O)C3)c3nc[nH]c3n2)c(C)c1. The van der Waals surface area contributed by atoms with Gasteiger partial charge in [0.25, 0.3) is 0 Å². The number of carbonyl (C=O) groups is 2. The maximum absolute atomic E-state index is 12.0. The van der Waals surface area contributed by atoms with E-state index in [1.165, 1.54) is 0 Å². The van der Waals surface area contributed by atoms with Crippen molar-refractivity contribution in [1.29, 1.82) is 0 Å². The summed E-state index contributed by atoms with van der Waals surface area (Å²) in [5, 5.41) is 6.76. The van der Waals surface area contributed by atoms with Gasteiger partial charge in [-0.25, -0.2) is 4.98 Å². The minimum absolute atomic E-state index is 0.0601. The number of likely N-dealkylation sites (tertiary alicyclic amines) is 1. The highest BCUT2D eigenvalue weighted by Gasteiger charge is 2.23. The Bertz CT molecular complexity index is 1170. The van der Waals surface area contributed by atoms with Crippen LogP contribution in [0.5, 0.6) is 0 Å². The molecule has 0 bridgehead atoms. The zero-order valence-electron chi connectivity index (χ0n) is 19.5. The van der Waals surface area contributed by atoms with E-state index in [0.29, 0.717) is 35.9 Å². The summed E-state index contributed by atoms with van der Waals surface area (Å²) in [6.45, 7) is 6.85. The number of aromatic nitrogens is 4. The van der Waals surface area contributed by atoms with E-state index < -0.39 is 0 Å². The molecule has 2 amide bonds. The molecule has 1 fully saturated rings. The molecule has 174 valence electrons. The van der Waals surface area contributed by atoms with Gasteiger partial charge in [0.1, 0.15) is 5.52 Å². The second kappa shape index (κ2) is 9.43. The van der Waals surface area contributed by atoms with E-state index in [0.717, 1.165) is 36.3 Å². The maximum Gasteiger partial charge on any atom is 0.231 e. The number of carbonyl (C=O) groups excluding carboxylic acids is 2. The first-order valence-electron chi connectivity index (χ1n) is 11.2. The van der Waals surface area contributed by atoms with Crippen LogP contribution < -0.4 is 15.5 Å². The Labute approximate surface area is 192 Å². The lowest BCUT2D eigenvalue weighted by atomic mass is 10.1. The standard InChI is InChI=1S/C23H30N8O2/c1-5-19(33)30(4)17-8-9-18(14(2)11-17)27-23-28-21-20(24-13-25-21)22(29-23)26-16-7-6-10-31(12-16)15(3)32/h8-9,11,13,16H,5-7,10,12H2,1-4H3,(H3,24,25,26,27,28,29). The summed E-state index contributed by atoms with van der Waals surface area (Å²) < 4.78 is 0. The smallest absolute Gasteiger partial charge is 0.231 e. The second-order valence-corrected chi connectivity index (χ2v) is 8.37. The molecule has 1 aliphatic rings. The van der Waals surface area contributed by atoms with Gasteiger partial charge in [0, 0.05) is 50.9 Å². The molecule has 1 atom stereocenters. The molecule has 2 aromatic heterocycles. The van der Waals surface area contributed by atoms with Crippen molar-refractivity contribution in [2.24, 2.45) is 0 Å². The molecule has 1 saturated heterocycles. The highest BCUT2D eigenvalue weighted by molar-refractivity contribution is 5.93. The van der Waals surface area contributed by atoms with Crippen molar-refractivity contribution in [2.45, 2.75) is 46.1 Å². The van der Waals surface area contributed by atoms with Crippen molar-refractivity contribution in [3.8, 4) is 0 Å². The van der Waals surface area contributed by atoms with Crippen LogP contribution in [-0.2, 0) is 9.59 Å². The third-order valence-electron chi connectivity index (χ3n) is 6.01. The first-order valence-corrected chi connectivity index (χ1v) is 11.2. The van der Waals surface area contributed by atoms with Crippen molar-refractivity contribution >= 4 is 46.1 Å². The number of hydrogen-bond donors (Lipinski definition) is 3. The number of nitrogens with zero attached hydrogens (tertiary/aromatic N) is 5.